The van der Waals surface area contributed by atoms with Crippen LogP contribution in [0.15, 0.2) is 78.9 Å². The van der Waals surface area contributed by atoms with Crippen molar-refractivity contribution in [2.45, 2.75) is 43.8 Å². The highest BCUT2D eigenvalue weighted by atomic mass is 16.3. The first-order valence-electron chi connectivity index (χ1n) is 14.8. The number of hydrogen-bond donors (Lipinski definition) is 4. The number of phenolic OH excluding ortho intramolecular Hbond substituents is 1. The minimum atomic E-state index is -1.26. The quantitative estimate of drug-likeness (QED) is 0.146. The predicted octanol–water partition coefficient (Wildman–Crippen LogP) is 3.23. The minimum absolute atomic E-state index is 0.0185. The number of rotatable bonds is 10. The van der Waals surface area contributed by atoms with E-state index in [2.05, 4.69) is 34.9 Å². The Labute approximate surface area is 253 Å². The summed E-state index contributed by atoms with van der Waals surface area (Å²) >= 11 is 0. The van der Waals surface area contributed by atoms with Gasteiger partial charge >= 0.3 is 0 Å². The second-order valence-corrected chi connectivity index (χ2v) is 11.4. The Hall–Kier alpha value is -5.02. The number of aliphatic hydroxyl groups is 1. The fourth-order valence-corrected chi connectivity index (χ4v) is 6.31. The summed E-state index contributed by atoms with van der Waals surface area (Å²) in [6, 6.07) is 21.7. The first-order chi connectivity index (χ1) is 21.4. The molecule has 3 amide bonds. The zero-order valence-electron chi connectivity index (χ0n) is 24.0. The molecule has 0 saturated carbocycles. The number of nitrogens with one attached hydrogen (secondary N) is 2. The number of amides is 3. The Morgan fingerprint density at radius 3 is 2.25 bits per heavy atom. The molecule has 44 heavy (non-hydrogen) atoms. The topological polar surface area (TPSA) is 136 Å². The molecular weight excluding hydrogens is 558 g/mol. The fraction of sp³-hybridized carbons (Fsp3) is 0.257. The van der Waals surface area contributed by atoms with Crippen molar-refractivity contribution in [3.05, 3.63) is 90.0 Å². The molecule has 1 aliphatic rings. The van der Waals surface area contributed by atoms with Gasteiger partial charge in [0.05, 0.1) is 19.1 Å². The smallest absolute Gasteiger partial charge is 0.248 e. The summed E-state index contributed by atoms with van der Waals surface area (Å²) in [6.45, 7) is -0.295. The molecule has 1 saturated heterocycles. The van der Waals surface area contributed by atoms with Gasteiger partial charge in [-0.25, -0.2) is 0 Å². The van der Waals surface area contributed by atoms with Crippen LogP contribution in [0.1, 0.15) is 24.0 Å². The highest BCUT2D eigenvalue weighted by Crippen LogP contribution is 2.36. The lowest BCUT2D eigenvalue weighted by atomic mass is 9.91. The molecule has 1 fully saturated rings. The van der Waals surface area contributed by atoms with Crippen molar-refractivity contribution in [3.63, 3.8) is 0 Å². The first kappa shape index (κ1) is 29.1. The lowest BCUT2D eigenvalue weighted by molar-refractivity contribution is -0.140. The van der Waals surface area contributed by atoms with E-state index in [4.69, 9.17) is 0 Å². The lowest BCUT2D eigenvalue weighted by Crippen LogP contribution is -2.57. The summed E-state index contributed by atoms with van der Waals surface area (Å²) < 4.78 is 0. The molecule has 224 valence electrons. The number of likely N-dealkylation sites (tertiary alicyclic amines) is 1. The Kier molecular flexibility index (Phi) is 8.13. The van der Waals surface area contributed by atoms with Crippen molar-refractivity contribution in [3.8, 4) is 5.75 Å². The van der Waals surface area contributed by atoms with Gasteiger partial charge in [-0.3, -0.25) is 14.4 Å². The number of phenols is 1. The maximum Gasteiger partial charge on any atom is 0.248 e. The van der Waals surface area contributed by atoms with E-state index in [1.165, 1.54) is 17.0 Å². The van der Waals surface area contributed by atoms with Gasteiger partial charge in [-0.2, -0.15) is 0 Å². The molecule has 1 heterocycles. The van der Waals surface area contributed by atoms with E-state index in [9.17, 15) is 29.4 Å². The third-order valence-electron chi connectivity index (χ3n) is 8.53. The molecule has 6 rings (SSSR count). The van der Waals surface area contributed by atoms with E-state index < -0.39 is 36.5 Å². The van der Waals surface area contributed by atoms with Crippen LogP contribution in [0.3, 0.4) is 0 Å². The third-order valence-corrected chi connectivity index (χ3v) is 8.53. The van der Waals surface area contributed by atoms with Crippen molar-refractivity contribution >= 4 is 56.3 Å². The van der Waals surface area contributed by atoms with Crippen molar-refractivity contribution in [2.24, 2.45) is 0 Å². The SMILES string of the molecule is O=C[C@@H]1CCCN1C(=O)[C@H](CO)NC(=O)[C@H](Cc1ccc(O)cc1)NC(=O)Cc1ccc2ccc3cccc4ccc1c2c34. The van der Waals surface area contributed by atoms with Gasteiger partial charge in [-0.15, -0.1) is 0 Å². The number of nitrogens with zero attached hydrogens (tertiary/aromatic N) is 1. The molecule has 5 aromatic rings. The molecule has 3 atom stereocenters. The van der Waals surface area contributed by atoms with Gasteiger partial charge in [-0.05, 0) is 68.4 Å². The summed E-state index contributed by atoms with van der Waals surface area (Å²) in [5.74, 6) is -1.50. The molecule has 1 aliphatic heterocycles. The molecule has 0 bridgehead atoms. The number of benzene rings is 5. The summed E-state index contributed by atoms with van der Waals surface area (Å²) in [5.41, 5.74) is 1.49. The van der Waals surface area contributed by atoms with Crippen LogP contribution in [0.2, 0.25) is 0 Å². The van der Waals surface area contributed by atoms with Crippen molar-refractivity contribution in [1.82, 2.24) is 15.5 Å². The Balaban J connectivity index is 1.24. The van der Waals surface area contributed by atoms with Crippen LogP contribution in [0.5, 0.6) is 5.75 Å². The summed E-state index contributed by atoms with van der Waals surface area (Å²) in [7, 11) is 0. The highest BCUT2D eigenvalue weighted by molar-refractivity contribution is 6.23. The van der Waals surface area contributed by atoms with Gasteiger partial charge in [0.1, 0.15) is 24.1 Å². The van der Waals surface area contributed by atoms with E-state index in [0.717, 1.165) is 37.9 Å². The fourth-order valence-electron chi connectivity index (χ4n) is 6.31. The van der Waals surface area contributed by atoms with Crippen LogP contribution >= 0.6 is 0 Å². The first-order valence-corrected chi connectivity index (χ1v) is 14.8. The number of aromatic hydroxyl groups is 1. The molecule has 9 heteroatoms. The second-order valence-electron chi connectivity index (χ2n) is 11.4. The molecule has 5 aromatic carbocycles. The lowest BCUT2D eigenvalue weighted by Gasteiger charge is -2.27. The van der Waals surface area contributed by atoms with Crippen LogP contribution < -0.4 is 10.6 Å². The Morgan fingerprint density at radius 1 is 0.864 bits per heavy atom. The monoisotopic (exact) mass is 591 g/mol. The second kappa shape index (κ2) is 12.3. The normalized spacial score (nSPS) is 16.3. The van der Waals surface area contributed by atoms with E-state index in [0.29, 0.717) is 31.2 Å². The highest BCUT2D eigenvalue weighted by Gasteiger charge is 2.34. The maximum atomic E-state index is 13.6. The predicted molar refractivity (Wildman–Crippen MR) is 167 cm³/mol. The largest absolute Gasteiger partial charge is 0.508 e. The molecule has 0 aliphatic carbocycles. The average Bonchev–Trinajstić information content (AvgIpc) is 3.52. The van der Waals surface area contributed by atoms with E-state index in [1.54, 1.807) is 12.1 Å². The molecule has 0 spiro atoms. The third kappa shape index (κ3) is 5.66. The minimum Gasteiger partial charge on any atom is -0.508 e. The summed E-state index contributed by atoms with van der Waals surface area (Å²) in [4.78, 5) is 53.0. The number of carbonyl (C=O) groups excluding carboxylic acids is 4. The van der Waals surface area contributed by atoms with Crippen LogP contribution in [-0.2, 0) is 32.0 Å². The molecule has 4 N–H and O–H groups in total. The van der Waals surface area contributed by atoms with Gasteiger partial charge in [0, 0.05) is 13.0 Å². The zero-order chi connectivity index (χ0) is 30.8. The van der Waals surface area contributed by atoms with Gasteiger partial charge < -0.3 is 30.5 Å². The zero-order valence-corrected chi connectivity index (χ0v) is 24.0. The van der Waals surface area contributed by atoms with Gasteiger partial charge in [0.25, 0.3) is 0 Å². The van der Waals surface area contributed by atoms with E-state index in [1.807, 2.05) is 30.3 Å². The van der Waals surface area contributed by atoms with E-state index in [-0.39, 0.29) is 24.5 Å². The number of hydrogen-bond acceptors (Lipinski definition) is 6. The summed E-state index contributed by atoms with van der Waals surface area (Å²) in [5, 5.41) is 31.6. The van der Waals surface area contributed by atoms with Crippen LogP contribution in [0, 0.1) is 0 Å². The van der Waals surface area contributed by atoms with Crippen molar-refractivity contribution < 1.29 is 29.4 Å². The number of aldehydes is 1. The molecular formula is C35H33N3O6. The maximum absolute atomic E-state index is 13.6. The standard InChI is InChI=1S/C35H33N3O6/c39-19-26-5-2-16-38(26)35(44)30(20-40)37-34(43)29(17-21-6-13-27(41)14-7-21)36-31(42)18-25-11-10-24-9-8-22-3-1-4-23-12-15-28(25)33(24)32(22)23/h1,3-4,6-15,19,26,29-30,40-41H,2,5,16-18,20H2,(H,36,42)(H,37,43)/t26-,29-,30-/m0/s1. The number of carbonyl (C=O) groups is 4. The van der Waals surface area contributed by atoms with Gasteiger partial charge in [0.15, 0.2) is 0 Å². The van der Waals surface area contributed by atoms with Crippen molar-refractivity contribution in [2.75, 3.05) is 13.2 Å². The van der Waals surface area contributed by atoms with Crippen LogP contribution in [0.25, 0.3) is 32.3 Å². The molecule has 9 nitrogen and oxygen atoms in total. The number of aliphatic hydroxyl groups excluding tert-OH is 1. The average molecular weight is 592 g/mol. The van der Waals surface area contributed by atoms with Crippen molar-refractivity contribution in [1.29, 1.82) is 0 Å². The van der Waals surface area contributed by atoms with Crippen LogP contribution in [0.4, 0.5) is 0 Å². The Morgan fingerprint density at radius 2 is 1.55 bits per heavy atom. The molecule has 0 unspecified atom stereocenters. The van der Waals surface area contributed by atoms with Gasteiger partial charge in [0.2, 0.25) is 17.7 Å². The molecule has 0 radical (unpaired) electrons. The van der Waals surface area contributed by atoms with E-state index >= 15 is 0 Å². The Bertz CT molecular complexity index is 1840. The van der Waals surface area contributed by atoms with Gasteiger partial charge in [-0.1, -0.05) is 66.7 Å². The molecule has 0 aromatic heterocycles. The summed E-state index contributed by atoms with van der Waals surface area (Å²) in [6.07, 6.45) is 2.00. The van der Waals surface area contributed by atoms with Crippen LogP contribution in [-0.4, -0.2) is 70.4 Å².